The smallest absolute Gasteiger partial charge is 0.410 e. The maximum atomic E-state index is 13.7. The average molecular weight is 798 g/mol. The van der Waals surface area contributed by atoms with E-state index in [-0.39, 0.29) is 24.8 Å². The molecule has 1 aliphatic heterocycles. The van der Waals surface area contributed by atoms with Gasteiger partial charge in [0.2, 0.25) is 5.91 Å². The van der Waals surface area contributed by atoms with Gasteiger partial charge in [-0.2, -0.15) is 0 Å². The van der Waals surface area contributed by atoms with Crippen molar-refractivity contribution in [1.29, 1.82) is 0 Å². The number of thioether (sulfide) groups is 1. The van der Waals surface area contributed by atoms with Crippen LogP contribution in [0.3, 0.4) is 0 Å². The highest BCUT2D eigenvalue weighted by Gasteiger charge is 2.33. The number of benzene rings is 3. The van der Waals surface area contributed by atoms with Crippen molar-refractivity contribution in [2.45, 2.75) is 63.3 Å². The number of fused-ring (bicyclic) bond motifs is 1. The second-order valence-corrected chi connectivity index (χ2v) is 16.7. The van der Waals surface area contributed by atoms with Crippen molar-refractivity contribution in [2.24, 2.45) is 0 Å². The quantitative estimate of drug-likeness (QED) is 0.0742. The zero-order valence-corrected chi connectivity index (χ0v) is 34.2. The van der Waals surface area contributed by atoms with Crippen LogP contribution in [0.2, 0.25) is 0 Å². The number of nitrogens with zero attached hydrogens (tertiary/aromatic N) is 2. The maximum Gasteiger partial charge on any atom is 0.410 e. The zero-order valence-electron chi connectivity index (χ0n) is 32.6. The molecule has 5 rings (SSSR count). The van der Waals surface area contributed by atoms with Gasteiger partial charge in [0, 0.05) is 47.4 Å². The fourth-order valence-corrected chi connectivity index (χ4v) is 7.87. The van der Waals surface area contributed by atoms with Gasteiger partial charge in [0.1, 0.15) is 16.3 Å². The third-order valence-electron chi connectivity index (χ3n) is 8.45. The Balaban J connectivity index is 1.30. The second-order valence-electron chi connectivity index (χ2n) is 14.2. The summed E-state index contributed by atoms with van der Waals surface area (Å²) < 4.78 is 10.9. The van der Waals surface area contributed by atoms with Crippen LogP contribution < -0.4 is 20.9 Å². The summed E-state index contributed by atoms with van der Waals surface area (Å²) in [6.07, 6.45) is 1.58. The van der Waals surface area contributed by atoms with Crippen molar-refractivity contribution < 1.29 is 33.4 Å². The van der Waals surface area contributed by atoms with Crippen LogP contribution in [0.4, 0.5) is 21.2 Å². The van der Waals surface area contributed by atoms with Crippen molar-refractivity contribution in [2.75, 3.05) is 42.8 Å². The fourth-order valence-electron chi connectivity index (χ4n) is 5.69. The first-order chi connectivity index (χ1) is 26.6. The molecule has 0 aliphatic carbocycles. The van der Waals surface area contributed by atoms with Crippen molar-refractivity contribution in [3.63, 3.8) is 0 Å². The van der Waals surface area contributed by atoms with Crippen molar-refractivity contribution in [1.82, 2.24) is 10.2 Å². The van der Waals surface area contributed by atoms with E-state index in [1.165, 1.54) is 23.1 Å². The Morgan fingerprint density at radius 1 is 0.964 bits per heavy atom. The Morgan fingerprint density at radius 3 is 2.34 bits per heavy atom. The van der Waals surface area contributed by atoms with Gasteiger partial charge in [0.15, 0.2) is 0 Å². The molecule has 0 spiro atoms. The Labute approximate surface area is 335 Å². The number of rotatable bonds is 12. The molecular weight excluding hydrogens is 751 g/mol. The molecule has 56 heavy (non-hydrogen) atoms. The number of amides is 4. The monoisotopic (exact) mass is 797 g/mol. The van der Waals surface area contributed by atoms with Gasteiger partial charge in [0.25, 0.3) is 11.8 Å². The van der Waals surface area contributed by atoms with E-state index in [1.807, 2.05) is 49.3 Å². The Morgan fingerprint density at radius 2 is 1.68 bits per heavy atom. The number of carbonyl (C=O) groups excluding carboxylic acids is 5. The maximum absolute atomic E-state index is 13.7. The molecule has 12 nitrogen and oxygen atoms in total. The van der Waals surface area contributed by atoms with Crippen LogP contribution in [0, 0.1) is 0 Å². The summed E-state index contributed by atoms with van der Waals surface area (Å²) in [4.78, 5) is 71.4. The van der Waals surface area contributed by atoms with E-state index >= 15 is 0 Å². The summed E-state index contributed by atoms with van der Waals surface area (Å²) in [5.74, 6) is -1.84. The molecule has 2 heterocycles. The Hall–Kier alpha value is -5.60. The van der Waals surface area contributed by atoms with Crippen molar-refractivity contribution >= 4 is 75.3 Å². The van der Waals surface area contributed by atoms with Gasteiger partial charge >= 0.3 is 12.1 Å². The number of anilines is 3. The minimum absolute atomic E-state index is 0.0486. The van der Waals surface area contributed by atoms with Gasteiger partial charge in [-0.3, -0.25) is 14.4 Å². The first-order valence-corrected chi connectivity index (χ1v) is 19.9. The number of nitrogens with one attached hydrogen (secondary N) is 3. The molecule has 1 unspecified atom stereocenters. The van der Waals surface area contributed by atoms with Crippen molar-refractivity contribution in [3.8, 4) is 0 Å². The lowest BCUT2D eigenvalue weighted by Gasteiger charge is -2.30. The highest BCUT2D eigenvalue weighted by atomic mass is 32.2. The minimum Gasteiger partial charge on any atom is -0.462 e. The molecule has 294 valence electrons. The summed E-state index contributed by atoms with van der Waals surface area (Å²) in [5.41, 5.74) is 3.03. The third-order valence-corrected chi connectivity index (χ3v) is 10.7. The van der Waals surface area contributed by atoms with Crippen LogP contribution in [0.5, 0.6) is 0 Å². The standard InChI is InChI=1S/C42H47N5O7S2/c1-8-53-40(51)35-32-21-22-47(41(52)54-42(3,4)5)25-34(32)56-39(35)45-36(48)26(2)55-31-16-12-15-29(24-31)43-38(50)33(44-37(49)28-13-10-9-11-14-28)23-27-17-19-30(20-18-27)46(6)7/h9-20,23-24,26H,8,21-22,25H2,1-7H3,(H,43,50)(H,44,49)(H,45,48)/b33-23+. The van der Waals surface area contributed by atoms with Gasteiger partial charge < -0.3 is 35.2 Å². The second kappa shape index (κ2) is 18.4. The first-order valence-electron chi connectivity index (χ1n) is 18.2. The van der Waals surface area contributed by atoms with Gasteiger partial charge in [0.05, 0.1) is 24.0 Å². The number of carbonyl (C=O) groups is 5. The topological polar surface area (TPSA) is 146 Å². The molecule has 3 N–H and O–H groups in total. The van der Waals surface area contributed by atoms with E-state index in [4.69, 9.17) is 9.47 Å². The van der Waals surface area contributed by atoms with Gasteiger partial charge in [-0.15, -0.1) is 23.1 Å². The highest BCUT2D eigenvalue weighted by molar-refractivity contribution is 8.00. The van der Waals surface area contributed by atoms with E-state index in [9.17, 15) is 24.0 Å². The Bertz CT molecular complexity index is 2110. The predicted molar refractivity (Wildman–Crippen MR) is 222 cm³/mol. The lowest BCUT2D eigenvalue weighted by molar-refractivity contribution is -0.115. The van der Waals surface area contributed by atoms with E-state index in [2.05, 4.69) is 16.0 Å². The molecule has 0 saturated heterocycles. The SMILES string of the molecule is CCOC(=O)c1c(NC(=O)C(C)Sc2cccc(NC(=O)/C(=C\c3ccc(N(C)C)cc3)NC(=O)c3ccccc3)c2)sc2c1CCN(C(=O)OC(C)(C)C)C2. The first kappa shape index (κ1) is 41.6. The molecule has 3 aromatic carbocycles. The summed E-state index contributed by atoms with van der Waals surface area (Å²) in [6, 6.07) is 23.2. The Kier molecular flexibility index (Phi) is 13.6. The summed E-state index contributed by atoms with van der Waals surface area (Å²) in [6.45, 7) is 9.65. The van der Waals surface area contributed by atoms with E-state index in [1.54, 1.807) is 94.1 Å². The van der Waals surface area contributed by atoms with E-state index < -0.39 is 34.7 Å². The predicted octanol–water partition coefficient (Wildman–Crippen LogP) is 7.81. The molecular formula is C42H47N5O7S2. The van der Waals surface area contributed by atoms with Crippen LogP contribution >= 0.6 is 23.1 Å². The minimum atomic E-state index is -0.652. The number of thiophene rings is 1. The van der Waals surface area contributed by atoms with Crippen LogP contribution in [0.1, 0.15) is 71.3 Å². The van der Waals surface area contributed by atoms with E-state index in [0.717, 1.165) is 21.7 Å². The summed E-state index contributed by atoms with van der Waals surface area (Å²) >= 11 is 2.52. The molecule has 1 aliphatic rings. The fraction of sp³-hybridized carbons (Fsp3) is 0.310. The molecule has 0 bridgehead atoms. The van der Waals surface area contributed by atoms with E-state index in [0.29, 0.717) is 39.7 Å². The normalized spacial score (nSPS) is 13.2. The molecule has 1 atom stereocenters. The van der Waals surface area contributed by atoms with Crippen LogP contribution in [-0.4, -0.2) is 72.8 Å². The van der Waals surface area contributed by atoms with Gasteiger partial charge in [-0.1, -0.05) is 36.4 Å². The summed E-state index contributed by atoms with van der Waals surface area (Å²) in [7, 11) is 3.87. The molecule has 4 aromatic rings. The highest BCUT2D eigenvalue weighted by Crippen LogP contribution is 2.39. The molecule has 0 fully saturated rings. The van der Waals surface area contributed by atoms with Gasteiger partial charge in [-0.25, -0.2) is 9.59 Å². The summed E-state index contributed by atoms with van der Waals surface area (Å²) in [5, 5.41) is 8.34. The average Bonchev–Trinajstić information content (AvgIpc) is 3.51. The number of ether oxygens (including phenoxy) is 2. The molecule has 4 amide bonds. The van der Waals surface area contributed by atoms with Crippen LogP contribution in [-0.2, 0) is 32.0 Å². The third kappa shape index (κ3) is 11.0. The number of hydrogen-bond acceptors (Lipinski definition) is 10. The molecule has 0 saturated carbocycles. The zero-order chi connectivity index (χ0) is 40.6. The number of esters is 1. The molecule has 14 heteroatoms. The van der Waals surface area contributed by atoms with Crippen LogP contribution in [0.25, 0.3) is 6.08 Å². The number of hydrogen-bond donors (Lipinski definition) is 3. The van der Waals surface area contributed by atoms with Crippen molar-refractivity contribution in [3.05, 3.63) is 112 Å². The van der Waals surface area contributed by atoms with Gasteiger partial charge in [-0.05, 0) is 101 Å². The lowest BCUT2D eigenvalue weighted by Crippen LogP contribution is -2.39. The van der Waals surface area contributed by atoms with Crippen LogP contribution in [0.15, 0.2) is 89.5 Å². The largest absolute Gasteiger partial charge is 0.462 e. The molecule has 0 radical (unpaired) electrons. The lowest BCUT2D eigenvalue weighted by atomic mass is 10.0. The molecule has 1 aromatic heterocycles.